The van der Waals surface area contributed by atoms with Gasteiger partial charge in [-0.05, 0) is 51.4 Å². The summed E-state index contributed by atoms with van der Waals surface area (Å²) in [6, 6.07) is 6.47. The van der Waals surface area contributed by atoms with E-state index in [1.54, 1.807) is 0 Å². The van der Waals surface area contributed by atoms with Crippen molar-refractivity contribution in [1.29, 1.82) is 0 Å². The molecule has 0 radical (unpaired) electrons. The summed E-state index contributed by atoms with van der Waals surface area (Å²) in [5.41, 5.74) is 9.03. The Hall–Kier alpha value is -1.13. The molecule has 0 aromatic heterocycles. The molecule has 1 aromatic rings. The molecule has 1 saturated heterocycles. The SMILES string of the molecule is Cc1cccc(C(N)=S)c1NC(C)CN1CCCC1. The van der Waals surface area contributed by atoms with Crippen molar-refractivity contribution in [1.82, 2.24) is 4.90 Å². The zero-order chi connectivity index (χ0) is 13.8. The average molecular weight is 277 g/mol. The van der Waals surface area contributed by atoms with Gasteiger partial charge in [-0.25, -0.2) is 0 Å². The van der Waals surface area contributed by atoms with Crippen molar-refractivity contribution in [2.24, 2.45) is 5.73 Å². The molecular weight excluding hydrogens is 254 g/mol. The first-order valence-corrected chi connectivity index (χ1v) is 7.37. The number of nitrogens with two attached hydrogens (primary N) is 1. The van der Waals surface area contributed by atoms with E-state index in [4.69, 9.17) is 18.0 Å². The molecule has 0 bridgehead atoms. The van der Waals surface area contributed by atoms with Crippen LogP contribution in [0.3, 0.4) is 0 Å². The Morgan fingerprint density at radius 2 is 2.11 bits per heavy atom. The summed E-state index contributed by atoms with van der Waals surface area (Å²) in [4.78, 5) is 2.97. The van der Waals surface area contributed by atoms with E-state index in [-0.39, 0.29) is 0 Å². The van der Waals surface area contributed by atoms with Crippen LogP contribution in [0.15, 0.2) is 18.2 Å². The van der Waals surface area contributed by atoms with Crippen LogP contribution in [-0.2, 0) is 0 Å². The fraction of sp³-hybridized carbons (Fsp3) is 0.533. The van der Waals surface area contributed by atoms with E-state index in [9.17, 15) is 0 Å². The van der Waals surface area contributed by atoms with Crippen LogP contribution in [0.5, 0.6) is 0 Å². The molecule has 104 valence electrons. The zero-order valence-corrected chi connectivity index (χ0v) is 12.6. The monoisotopic (exact) mass is 277 g/mol. The number of aryl methyl sites for hydroxylation is 1. The number of hydrogen-bond donors (Lipinski definition) is 2. The molecule has 0 spiro atoms. The van der Waals surface area contributed by atoms with Gasteiger partial charge >= 0.3 is 0 Å². The lowest BCUT2D eigenvalue weighted by Gasteiger charge is -2.24. The first kappa shape index (κ1) is 14.3. The minimum Gasteiger partial charge on any atom is -0.389 e. The molecule has 1 unspecified atom stereocenters. The maximum absolute atomic E-state index is 5.80. The molecule has 0 amide bonds. The minimum absolute atomic E-state index is 0.396. The number of likely N-dealkylation sites (tertiary alicyclic amines) is 1. The van der Waals surface area contributed by atoms with Gasteiger partial charge in [0.2, 0.25) is 0 Å². The van der Waals surface area contributed by atoms with Crippen molar-refractivity contribution in [2.45, 2.75) is 32.7 Å². The van der Waals surface area contributed by atoms with E-state index >= 15 is 0 Å². The van der Waals surface area contributed by atoms with E-state index in [1.807, 2.05) is 12.1 Å². The van der Waals surface area contributed by atoms with Crippen molar-refractivity contribution in [3.05, 3.63) is 29.3 Å². The Kier molecular flexibility index (Phi) is 4.77. The number of para-hydroxylation sites is 1. The maximum atomic E-state index is 5.80. The van der Waals surface area contributed by atoms with Crippen LogP contribution >= 0.6 is 12.2 Å². The van der Waals surface area contributed by atoms with E-state index < -0.39 is 0 Å². The topological polar surface area (TPSA) is 41.3 Å². The highest BCUT2D eigenvalue weighted by Gasteiger charge is 2.16. The molecule has 2 rings (SSSR count). The Morgan fingerprint density at radius 3 is 2.74 bits per heavy atom. The lowest BCUT2D eigenvalue weighted by Crippen LogP contribution is -2.33. The first-order chi connectivity index (χ1) is 9.08. The van der Waals surface area contributed by atoms with Crippen molar-refractivity contribution >= 4 is 22.9 Å². The predicted molar refractivity (Wildman–Crippen MR) is 85.8 cm³/mol. The van der Waals surface area contributed by atoms with E-state index in [0.29, 0.717) is 11.0 Å². The highest BCUT2D eigenvalue weighted by Crippen LogP contribution is 2.22. The van der Waals surface area contributed by atoms with Crippen LogP contribution in [0, 0.1) is 6.92 Å². The van der Waals surface area contributed by atoms with Gasteiger partial charge < -0.3 is 16.0 Å². The molecule has 1 fully saturated rings. The van der Waals surface area contributed by atoms with Crippen LogP contribution in [0.1, 0.15) is 30.9 Å². The molecule has 19 heavy (non-hydrogen) atoms. The highest BCUT2D eigenvalue weighted by atomic mass is 32.1. The Labute approximate surface area is 121 Å². The molecule has 0 aliphatic carbocycles. The molecular formula is C15H23N3S. The molecule has 1 aromatic carbocycles. The molecule has 0 saturated carbocycles. The van der Waals surface area contributed by atoms with Gasteiger partial charge in [-0.1, -0.05) is 24.4 Å². The number of hydrogen-bond acceptors (Lipinski definition) is 3. The Balaban J connectivity index is 2.06. The summed E-state index contributed by atoms with van der Waals surface area (Å²) in [6.07, 6.45) is 2.66. The molecule has 1 atom stereocenters. The van der Waals surface area contributed by atoms with Crippen molar-refractivity contribution in [3.8, 4) is 0 Å². The average Bonchev–Trinajstić information content (AvgIpc) is 2.84. The maximum Gasteiger partial charge on any atom is 0.106 e. The number of anilines is 1. The number of thiocarbonyl (C=S) groups is 1. The van der Waals surface area contributed by atoms with E-state index in [0.717, 1.165) is 17.8 Å². The normalized spacial score (nSPS) is 17.4. The fourth-order valence-electron chi connectivity index (χ4n) is 2.71. The van der Waals surface area contributed by atoms with Gasteiger partial charge in [0.15, 0.2) is 0 Å². The van der Waals surface area contributed by atoms with Gasteiger partial charge in [0.25, 0.3) is 0 Å². The summed E-state index contributed by atoms with van der Waals surface area (Å²) in [6.45, 7) is 7.83. The second-order valence-corrected chi connectivity index (χ2v) is 5.85. The van der Waals surface area contributed by atoms with Crippen molar-refractivity contribution < 1.29 is 0 Å². The number of benzene rings is 1. The van der Waals surface area contributed by atoms with Crippen molar-refractivity contribution in [3.63, 3.8) is 0 Å². The number of nitrogens with one attached hydrogen (secondary N) is 1. The minimum atomic E-state index is 0.396. The van der Waals surface area contributed by atoms with Gasteiger partial charge in [-0.15, -0.1) is 0 Å². The highest BCUT2D eigenvalue weighted by molar-refractivity contribution is 7.80. The van der Waals surface area contributed by atoms with Crippen LogP contribution in [0.25, 0.3) is 0 Å². The summed E-state index contributed by atoms with van der Waals surface area (Å²) in [7, 11) is 0. The third kappa shape index (κ3) is 3.67. The zero-order valence-electron chi connectivity index (χ0n) is 11.8. The predicted octanol–water partition coefficient (Wildman–Crippen LogP) is 2.53. The fourth-order valence-corrected chi connectivity index (χ4v) is 2.88. The van der Waals surface area contributed by atoms with Gasteiger partial charge in [-0.3, -0.25) is 0 Å². The molecule has 1 aliphatic heterocycles. The lowest BCUT2D eigenvalue weighted by molar-refractivity contribution is 0.328. The van der Waals surface area contributed by atoms with E-state index in [1.165, 1.54) is 31.5 Å². The summed E-state index contributed by atoms with van der Waals surface area (Å²) >= 11 is 5.13. The van der Waals surface area contributed by atoms with Crippen LogP contribution in [-0.4, -0.2) is 35.6 Å². The van der Waals surface area contributed by atoms with Gasteiger partial charge in [0.05, 0.1) is 0 Å². The number of nitrogens with zero attached hydrogens (tertiary/aromatic N) is 1. The largest absolute Gasteiger partial charge is 0.389 e. The van der Waals surface area contributed by atoms with Gasteiger partial charge in [-0.2, -0.15) is 0 Å². The van der Waals surface area contributed by atoms with Crippen molar-refractivity contribution in [2.75, 3.05) is 25.0 Å². The first-order valence-electron chi connectivity index (χ1n) is 6.96. The lowest BCUT2D eigenvalue weighted by atomic mass is 10.1. The van der Waals surface area contributed by atoms with Gasteiger partial charge in [0.1, 0.15) is 4.99 Å². The summed E-state index contributed by atoms with van der Waals surface area (Å²) in [5, 5.41) is 3.58. The molecule has 3 N–H and O–H groups in total. The third-order valence-electron chi connectivity index (χ3n) is 3.66. The number of rotatable bonds is 5. The van der Waals surface area contributed by atoms with E-state index in [2.05, 4.69) is 30.1 Å². The standard InChI is InChI=1S/C15H23N3S/c1-11-6-5-7-13(15(16)19)14(11)17-12(2)10-18-8-3-4-9-18/h5-7,12,17H,3-4,8-10H2,1-2H3,(H2,16,19). The van der Waals surface area contributed by atoms with Crippen LogP contribution in [0.4, 0.5) is 5.69 Å². The molecule has 4 heteroatoms. The smallest absolute Gasteiger partial charge is 0.106 e. The van der Waals surface area contributed by atoms with Crippen LogP contribution < -0.4 is 11.1 Å². The Morgan fingerprint density at radius 1 is 1.42 bits per heavy atom. The quantitative estimate of drug-likeness (QED) is 0.812. The second kappa shape index (κ2) is 6.35. The second-order valence-electron chi connectivity index (χ2n) is 5.41. The molecule has 3 nitrogen and oxygen atoms in total. The molecule has 1 heterocycles. The molecule has 1 aliphatic rings. The third-order valence-corrected chi connectivity index (χ3v) is 3.88. The van der Waals surface area contributed by atoms with Gasteiger partial charge in [0, 0.05) is 23.8 Å². The summed E-state index contributed by atoms with van der Waals surface area (Å²) < 4.78 is 0. The summed E-state index contributed by atoms with van der Waals surface area (Å²) in [5.74, 6) is 0. The Bertz CT molecular complexity index is 453. The van der Waals surface area contributed by atoms with Crippen LogP contribution in [0.2, 0.25) is 0 Å².